The van der Waals surface area contributed by atoms with Gasteiger partial charge < -0.3 is 19.3 Å². The Hall–Kier alpha value is -3.27. The van der Waals surface area contributed by atoms with Crippen LogP contribution in [-0.4, -0.2) is 36.5 Å². The Labute approximate surface area is 220 Å². The molecule has 0 spiro atoms. The number of rotatable bonds is 6. The fraction of sp³-hybridized carbons (Fsp3) is 0.240. The lowest BCUT2D eigenvalue weighted by Crippen LogP contribution is -2.40. The fourth-order valence-corrected chi connectivity index (χ4v) is 5.52. The number of phenols is 1. The van der Waals surface area contributed by atoms with Crippen LogP contribution in [0, 0.1) is 0 Å². The predicted octanol–water partition coefficient (Wildman–Crippen LogP) is 3.83. The molecule has 3 aromatic rings. The van der Waals surface area contributed by atoms with Crippen LogP contribution in [0.1, 0.15) is 31.0 Å². The molecule has 0 fully saturated rings. The van der Waals surface area contributed by atoms with Crippen molar-refractivity contribution in [2.75, 3.05) is 20.8 Å². The quantitative estimate of drug-likeness (QED) is 0.470. The van der Waals surface area contributed by atoms with Gasteiger partial charge in [-0.3, -0.25) is 9.36 Å². The topological polar surface area (TPSA) is 99.4 Å². The summed E-state index contributed by atoms with van der Waals surface area (Å²) in [5, 5.41) is 10.8. The highest BCUT2D eigenvalue weighted by Crippen LogP contribution is 2.38. The Morgan fingerprint density at radius 2 is 1.97 bits per heavy atom. The van der Waals surface area contributed by atoms with E-state index in [4.69, 9.17) is 37.4 Å². The number of ether oxygens (including phenoxy) is 3. The van der Waals surface area contributed by atoms with Gasteiger partial charge in [-0.15, -0.1) is 0 Å². The first kappa shape index (κ1) is 25.8. The number of esters is 1. The molecule has 1 atom stereocenters. The van der Waals surface area contributed by atoms with Gasteiger partial charge in [-0.25, -0.2) is 9.79 Å². The highest BCUT2D eigenvalue weighted by Gasteiger charge is 2.35. The second-order valence-corrected chi connectivity index (χ2v) is 9.59. The molecule has 0 aliphatic carbocycles. The van der Waals surface area contributed by atoms with E-state index in [1.165, 1.54) is 37.0 Å². The van der Waals surface area contributed by atoms with E-state index >= 15 is 0 Å². The van der Waals surface area contributed by atoms with Gasteiger partial charge in [0, 0.05) is 16.1 Å². The highest BCUT2D eigenvalue weighted by molar-refractivity contribution is 7.07. The van der Waals surface area contributed by atoms with Crippen molar-refractivity contribution in [1.29, 1.82) is 0 Å². The van der Waals surface area contributed by atoms with Crippen molar-refractivity contribution >= 4 is 46.6 Å². The maximum Gasteiger partial charge on any atom is 0.338 e. The molecule has 2 aromatic carbocycles. The monoisotopic (exact) mass is 548 g/mol. The Balaban J connectivity index is 2.04. The summed E-state index contributed by atoms with van der Waals surface area (Å²) in [6.45, 7) is 3.54. The number of aromatic nitrogens is 1. The van der Waals surface area contributed by atoms with Crippen LogP contribution in [0.2, 0.25) is 10.0 Å². The molecule has 4 rings (SSSR count). The summed E-state index contributed by atoms with van der Waals surface area (Å²) in [6.07, 6.45) is 1.49. The standard InChI is InChI=1S/C25H22Cl2N2O6S/c1-5-35-24(32)20-12(2)28-25-29(21(20)16-11-15(33-3)6-7-18(16)34-4)23(31)19(36-25)9-13-8-14(26)10-17(27)22(13)30/h6-11,21,30H,5H2,1-4H3/t21-/m1/s1. The number of benzene rings is 2. The van der Waals surface area contributed by atoms with E-state index in [9.17, 15) is 14.7 Å². The average Bonchev–Trinajstić information content (AvgIpc) is 3.15. The number of methoxy groups -OCH3 is 2. The minimum atomic E-state index is -0.899. The van der Waals surface area contributed by atoms with Crippen LogP contribution in [-0.2, 0) is 9.53 Å². The van der Waals surface area contributed by atoms with Gasteiger partial charge in [0.1, 0.15) is 23.3 Å². The van der Waals surface area contributed by atoms with Crippen molar-refractivity contribution in [1.82, 2.24) is 4.57 Å². The zero-order valence-corrected chi connectivity index (χ0v) is 22.1. The van der Waals surface area contributed by atoms with Gasteiger partial charge in [-0.2, -0.15) is 0 Å². The molecule has 36 heavy (non-hydrogen) atoms. The second kappa shape index (κ2) is 10.4. The van der Waals surface area contributed by atoms with Gasteiger partial charge in [-0.1, -0.05) is 34.5 Å². The molecular formula is C25H22Cl2N2O6S. The molecule has 188 valence electrons. The maximum absolute atomic E-state index is 13.8. The maximum atomic E-state index is 13.8. The first-order valence-electron chi connectivity index (χ1n) is 10.8. The summed E-state index contributed by atoms with van der Waals surface area (Å²) in [4.78, 5) is 31.7. The average molecular weight is 549 g/mol. The number of nitrogens with zero attached hydrogens (tertiary/aromatic N) is 2. The molecule has 0 amide bonds. The number of hydrogen-bond donors (Lipinski definition) is 1. The van der Waals surface area contributed by atoms with E-state index in [2.05, 4.69) is 4.99 Å². The molecule has 0 saturated carbocycles. The number of carbonyl (C=O) groups is 1. The van der Waals surface area contributed by atoms with Crippen molar-refractivity contribution in [3.8, 4) is 17.2 Å². The summed E-state index contributed by atoms with van der Waals surface area (Å²) >= 11 is 13.3. The van der Waals surface area contributed by atoms with E-state index in [0.717, 1.165) is 11.3 Å². The smallest absolute Gasteiger partial charge is 0.338 e. The third-order valence-electron chi connectivity index (χ3n) is 5.59. The first-order valence-corrected chi connectivity index (χ1v) is 12.4. The van der Waals surface area contributed by atoms with Crippen LogP contribution >= 0.6 is 34.5 Å². The number of thiazole rings is 1. The minimum Gasteiger partial charge on any atom is -0.506 e. The number of phenolic OH excluding ortho intramolecular Hbond substituents is 1. The van der Waals surface area contributed by atoms with Gasteiger partial charge in [0.15, 0.2) is 4.80 Å². The van der Waals surface area contributed by atoms with Crippen molar-refractivity contribution < 1.29 is 24.1 Å². The van der Waals surface area contributed by atoms with E-state index in [0.29, 0.717) is 32.6 Å². The normalized spacial score (nSPS) is 15.4. The molecule has 1 aliphatic heterocycles. The van der Waals surface area contributed by atoms with Crippen LogP contribution in [0.25, 0.3) is 6.08 Å². The van der Waals surface area contributed by atoms with Gasteiger partial charge in [-0.05, 0) is 50.3 Å². The van der Waals surface area contributed by atoms with Crippen molar-refractivity contribution in [2.24, 2.45) is 4.99 Å². The molecule has 11 heteroatoms. The van der Waals surface area contributed by atoms with Gasteiger partial charge >= 0.3 is 5.97 Å². The third kappa shape index (κ3) is 4.61. The van der Waals surface area contributed by atoms with Crippen molar-refractivity contribution in [3.63, 3.8) is 0 Å². The highest BCUT2D eigenvalue weighted by atomic mass is 35.5. The minimum absolute atomic E-state index is 0.0564. The number of hydrogen-bond acceptors (Lipinski definition) is 8. The Morgan fingerprint density at radius 3 is 2.64 bits per heavy atom. The summed E-state index contributed by atoms with van der Waals surface area (Å²) in [6, 6.07) is 7.14. The summed E-state index contributed by atoms with van der Waals surface area (Å²) < 4.78 is 18.0. The summed E-state index contributed by atoms with van der Waals surface area (Å²) in [5.41, 5.74) is 0.976. The Bertz CT molecular complexity index is 1570. The van der Waals surface area contributed by atoms with Crippen LogP contribution in [0.15, 0.2) is 51.4 Å². The van der Waals surface area contributed by atoms with Crippen molar-refractivity contribution in [2.45, 2.75) is 19.9 Å². The molecule has 1 aliphatic rings. The lowest BCUT2D eigenvalue weighted by atomic mass is 9.94. The number of allylic oxidation sites excluding steroid dienone is 1. The van der Waals surface area contributed by atoms with E-state index < -0.39 is 17.6 Å². The molecule has 0 radical (unpaired) electrons. The fourth-order valence-electron chi connectivity index (χ4n) is 3.98. The van der Waals surface area contributed by atoms with Crippen LogP contribution < -0.4 is 24.4 Å². The largest absolute Gasteiger partial charge is 0.506 e. The first-order chi connectivity index (χ1) is 17.2. The lowest BCUT2D eigenvalue weighted by molar-refractivity contribution is -0.139. The molecule has 0 bridgehead atoms. The SMILES string of the molecule is CCOC(=O)C1=C(C)N=c2sc(=Cc3cc(Cl)cc(Cl)c3O)c(=O)n2[C@@H]1c1cc(OC)ccc1OC. The predicted molar refractivity (Wildman–Crippen MR) is 138 cm³/mol. The van der Waals surface area contributed by atoms with E-state index in [1.807, 2.05) is 0 Å². The van der Waals surface area contributed by atoms with Crippen LogP contribution in [0.5, 0.6) is 17.2 Å². The second-order valence-electron chi connectivity index (χ2n) is 7.74. The summed E-state index contributed by atoms with van der Waals surface area (Å²) in [5.74, 6) is 0.166. The molecule has 2 heterocycles. The molecule has 0 saturated heterocycles. The van der Waals surface area contributed by atoms with Crippen LogP contribution in [0.4, 0.5) is 0 Å². The molecule has 1 N–H and O–H groups in total. The number of fused-ring (bicyclic) bond motifs is 1. The zero-order valence-electron chi connectivity index (χ0n) is 19.8. The van der Waals surface area contributed by atoms with Gasteiger partial charge in [0.25, 0.3) is 5.56 Å². The van der Waals surface area contributed by atoms with E-state index in [-0.39, 0.29) is 33.0 Å². The molecular weight excluding hydrogens is 527 g/mol. The Morgan fingerprint density at radius 1 is 1.22 bits per heavy atom. The Kier molecular flexibility index (Phi) is 7.44. The number of aromatic hydroxyl groups is 1. The van der Waals surface area contributed by atoms with Crippen LogP contribution in [0.3, 0.4) is 0 Å². The van der Waals surface area contributed by atoms with Gasteiger partial charge in [0.2, 0.25) is 0 Å². The number of carbonyl (C=O) groups excluding carboxylic acids is 1. The lowest BCUT2D eigenvalue weighted by Gasteiger charge is -2.26. The van der Waals surface area contributed by atoms with Gasteiger partial charge in [0.05, 0.1) is 41.7 Å². The molecule has 8 nitrogen and oxygen atoms in total. The molecule has 0 unspecified atom stereocenters. The third-order valence-corrected chi connectivity index (χ3v) is 7.08. The number of halogens is 2. The van der Waals surface area contributed by atoms with Crippen molar-refractivity contribution in [3.05, 3.63) is 82.5 Å². The van der Waals surface area contributed by atoms with E-state index in [1.54, 1.807) is 32.0 Å². The zero-order chi connectivity index (χ0) is 26.1. The molecule has 1 aromatic heterocycles. The summed E-state index contributed by atoms with van der Waals surface area (Å²) in [7, 11) is 3.02.